The molecule has 1 aromatic heterocycles. The molecular weight excluding hydrogens is 832 g/mol. The van der Waals surface area contributed by atoms with E-state index < -0.39 is 54.1 Å². The summed E-state index contributed by atoms with van der Waals surface area (Å²) >= 11 is 17.9. The van der Waals surface area contributed by atoms with E-state index in [0.717, 1.165) is 17.9 Å². The van der Waals surface area contributed by atoms with Gasteiger partial charge in [-0.3, -0.25) is 24.5 Å². The molecule has 1 aliphatic heterocycles. The second-order valence-electron chi connectivity index (χ2n) is 12.0. The molecule has 16 nitrogen and oxygen atoms in total. The lowest BCUT2D eigenvalue weighted by atomic mass is 9.95. The summed E-state index contributed by atoms with van der Waals surface area (Å²) < 4.78 is 61.2. The Morgan fingerprint density at radius 2 is 1.70 bits per heavy atom. The molecule has 0 spiro atoms. The number of hydroxylamine groups is 2. The van der Waals surface area contributed by atoms with E-state index in [-0.39, 0.29) is 37.7 Å². The Morgan fingerprint density at radius 3 is 2.13 bits per heavy atom. The van der Waals surface area contributed by atoms with Gasteiger partial charge in [-0.25, -0.2) is 22.8 Å². The number of amides is 1. The van der Waals surface area contributed by atoms with Crippen LogP contribution in [-0.4, -0.2) is 94.2 Å². The number of hydrogen-bond acceptors (Lipinski definition) is 10. The van der Waals surface area contributed by atoms with Crippen LogP contribution >= 0.6 is 42.4 Å². The zero-order valence-electron chi connectivity index (χ0n) is 29.5. The van der Waals surface area contributed by atoms with Gasteiger partial charge in [-0.05, 0) is 55.4 Å². The summed E-state index contributed by atoms with van der Waals surface area (Å²) in [5, 5.41) is 15.6. The highest BCUT2D eigenvalue weighted by Crippen LogP contribution is 2.32. The number of carboxylic acid groups (broad SMARTS) is 1. The summed E-state index contributed by atoms with van der Waals surface area (Å²) in [7, 11) is -7.36. The fourth-order valence-corrected chi connectivity index (χ4v) is 5.46. The molecule has 0 radical (unpaired) electrons. The maximum atomic E-state index is 12.8. The van der Waals surface area contributed by atoms with Gasteiger partial charge in [0, 0.05) is 5.02 Å². The van der Waals surface area contributed by atoms with E-state index >= 15 is 0 Å². The van der Waals surface area contributed by atoms with E-state index in [0.29, 0.717) is 33.8 Å². The van der Waals surface area contributed by atoms with Crippen LogP contribution in [0.5, 0.6) is 0 Å². The summed E-state index contributed by atoms with van der Waals surface area (Å²) in [5.41, 5.74) is -0.803. The lowest BCUT2D eigenvalue weighted by Gasteiger charge is -2.16. The number of alkyl halides is 2. The molecule has 0 bridgehead atoms. The van der Waals surface area contributed by atoms with Crippen LogP contribution in [0.15, 0.2) is 41.2 Å². The SMILES string of the molecule is CC1(C)CON(Cc2ccccc2Cl)C1=O.C[S+](C)C.Cc1nn(-c2cc(NS(C)(=O)=O)c(Cl)cc2Cl)c(=O)n1C(F)F.O=C(O)CNCP(=O)([O-])O. The minimum atomic E-state index is -4.35. The van der Waals surface area contributed by atoms with Crippen molar-refractivity contribution in [2.75, 3.05) is 49.2 Å². The Bertz CT molecular complexity index is 1940. The van der Waals surface area contributed by atoms with Crippen LogP contribution in [0, 0.1) is 12.3 Å². The summed E-state index contributed by atoms with van der Waals surface area (Å²) in [4.78, 5) is 57.0. The van der Waals surface area contributed by atoms with E-state index in [1.807, 2.05) is 43.4 Å². The van der Waals surface area contributed by atoms with Gasteiger partial charge >= 0.3 is 18.2 Å². The molecule has 2 aromatic carbocycles. The van der Waals surface area contributed by atoms with Crippen molar-refractivity contribution in [1.82, 2.24) is 24.7 Å². The lowest BCUT2D eigenvalue weighted by Crippen LogP contribution is -2.30. The molecule has 0 aliphatic carbocycles. The number of aromatic nitrogens is 3. The fraction of sp³-hybridized carbons (Fsp3) is 0.448. The molecule has 0 saturated carbocycles. The quantitative estimate of drug-likeness (QED) is 0.169. The molecular formula is C29H40Cl3F2N6O10PS2. The Labute approximate surface area is 322 Å². The van der Waals surface area contributed by atoms with Crippen molar-refractivity contribution in [3.8, 4) is 5.69 Å². The van der Waals surface area contributed by atoms with Crippen molar-refractivity contribution in [3.05, 3.63) is 73.3 Å². The van der Waals surface area contributed by atoms with Crippen molar-refractivity contribution in [3.63, 3.8) is 0 Å². The van der Waals surface area contributed by atoms with E-state index in [2.05, 4.69) is 28.6 Å². The van der Waals surface area contributed by atoms with Gasteiger partial charge in [-0.2, -0.15) is 13.5 Å². The first-order chi connectivity index (χ1) is 24.2. The van der Waals surface area contributed by atoms with Crippen molar-refractivity contribution >= 4 is 80.9 Å². The Balaban J connectivity index is 0.000000405. The number of carbonyl (C=O) groups is 2. The maximum absolute atomic E-state index is 12.8. The summed E-state index contributed by atoms with van der Waals surface area (Å²) in [5.74, 6) is -1.39. The highest BCUT2D eigenvalue weighted by Gasteiger charge is 2.40. The zero-order chi connectivity index (χ0) is 41.1. The van der Waals surface area contributed by atoms with Crippen LogP contribution in [0.2, 0.25) is 15.1 Å². The average molecular weight is 872 g/mol. The molecule has 1 amide bonds. The number of rotatable bonds is 10. The predicted molar refractivity (Wildman–Crippen MR) is 200 cm³/mol. The van der Waals surface area contributed by atoms with Gasteiger partial charge in [0.25, 0.3) is 5.91 Å². The molecule has 1 fully saturated rings. The first-order valence-corrected chi connectivity index (χ1v) is 22.0. The van der Waals surface area contributed by atoms with Crippen LogP contribution in [0.25, 0.3) is 5.69 Å². The first-order valence-electron chi connectivity index (χ1n) is 14.7. The van der Waals surface area contributed by atoms with Gasteiger partial charge in [0.2, 0.25) is 10.0 Å². The largest absolute Gasteiger partial charge is 0.778 e. The van der Waals surface area contributed by atoms with Gasteiger partial charge in [0.05, 0.1) is 77.8 Å². The highest BCUT2D eigenvalue weighted by molar-refractivity contribution is 7.94. The van der Waals surface area contributed by atoms with Crippen LogP contribution in [0.1, 0.15) is 31.8 Å². The third kappa shape index (κ3) is 17.1. The minimum absolute atomic E-state index is 0.00687. The summed E-state index contributed by atoms with van der Waals surface area (Å²) in [6.07, 6.45) is 6.78. The average Bonchev–Trinajstić information content (AvgIpc) is 3.43. The van der Waals surface area contributed by atoms with Crippen molar-refractivity contribution in [1.29, 1.82) is 0 Å². The standard InChI is InChI=1S/C12H14ClNO2.C11H10Cl2F2N4O3S.C3H8NO5P.C3H9S/c1-12(2)8-16-14(11(12)15)7-9-5-3-4-6-10(9)13;1-5-16-19(11(20)18(5)10(14)15)9-4-8(17-23(2,21)22)6(12)3-7(9)13;5-3(6)1-4-2-10(7,8)9;1-4(2)3/h3-6H,7-8H2,1-2H3;3-4,10,17H,1-2H3;4H,1-2H2,(H,5,6)(H2,7,8,9);1-3H3/q;;;+1/p-1. The monoisotopic (exact) mass is 870 g/mol. The molecule has 1 atom stereocenters. The molecule has 4 N–H and O–H groups in total. The van der Waals surface area contributed by atoms with Gasteiger partial charge in [-0.15, -0.1) is 5.10 Å². The van der Waals surface area contributed by atoms with E-state index in [4.69, 9.17) is 49.6 Å². The van der Waals surface area contributed by atoms with Crippen LogP contribution in [0.3, 0.4) is 0 Å². The van der Waals surface area contributed by atoms with Gasteiger partial charge in [0.15, 0.2) is 0 Å². The van der Waals surface area contributed by atoms with Crippen LogP contribution in [0.4, 0.5) is 14.5 Å². The number of carbonyl (C=O) groups excluding carboxylic acids is 1. The normalized spacial score (nSPS) is 14.7. The smallest absolute Gasteiger partial charge is 0.355 e. The first kappa shape index (κ1) is 48.2. The summed E-state index contributed by atoms with van der Waals surface area (Å²) in [6, 6.07) is 9.77. The molecule has 53 heavy (non-hydrogen) atoms. The van der Waals surface area contributed by atoms with Crippen LogP contribution in [-0.2, 0) is 46.5 Å². The van der Waals surface area contributed by atoms with Gasteiger partial charge in [-0.1, -0.05) is 53.0 Å². The second-order valence-corrected chi connectivity index (χ2v) is 19.0. The molecule has 1 aliphatic rings. The predicted octanol–water partition coefficient (Wildman–Crippen LogP) is 3.71. The third-order valence-electron chi connectivity index (χ3n) is 5.98. The topological polar surface area (TPSA) is 225 Å². The number of carboxylic acids is 1. The molecule has 1 unspecified atom stereocenters. The molecule has 3 aromatic rings. The third-order valence-corrected chi connectivity index (χ3v) is 8.18. The number of nitrogens with one attached hydrogen (secondary N) is 2. The van der Waals surface area contributed by atoms with E-state index in [1.165, 1.54) is 18.1 Å². The second kappa shape index (κ2) is 20.8. The number of hydrogen-bond donors (Lipinski definition) is 4. The number of halogens is 5. The fourth-order valence-electron chi connectivity index (χ4n) is 3.74. The maximum Gasteiger partial charge on any atom is 0.355 e. The lowest BCUT2D eigenvalue weighted by molar-refractivity contribution is -0.193. The van der Waals surface area contributed by atoms with Crippen molar-refractivity contribution < 1.29 is 51.1 Å². The van der Waals surface area contributed by atoms with Crippen molar-refractivity contribution in [2.45, 2.75) is 33.9 Å². The Kier molecular flexibility index (Phi) is 18.9. The summed E-state index contributed by atoms with van der Waals surface area (Å²) in [6.45, 7) is 2.26. The number of nitrogens with zero attached hydrogens (tertiary/aromatic N) is 4. The van der Waals surface area contributed by atoms with Crippen molar-refractivity contribution in [2.24, 2.45) is 5.41 Å². The van der Waals surface area contributed by atoms with Gasteiger partial charge < -0.3 is 19.5 Å². The molecule has 24 heteroatoms. The number of anilines is 1. The number of sulfonamides is 1. The highest BCUT2D eigenvalue weighted by atomic mass is 35.5. The Hall–Kier alpha value is -2.78. The molecule has 298 valence electrons. The number of benzene rings is 2. The zero-order valence-corrected chi connectivity index (χ0v) is 34.3. The van der Waals surface area contributed by atoms with Gasteiger partial charge in [0.1, 0.15) is 13.4 Å². The minimum Gasteiger partial charge on any atom is -0.778 e. The molecule has 2 heterocycles. The molecule has 4 rings (SSSR count). The van der Waals surface area contributed by atoms with E-state index in [9.17, 15) is 41.0 Å². The molecule has 1 saturated heterocycles. The van der Waals surface area contributed by atoms with Crippen LogP contribution < -0.4 is 20.6 Å². The Morgan fingerprint density at radius 1 is 1.13 bits per heavy atom. The number of aryl methyl sites for hydroxylation is 1. The van der Waals surface area contributed by atoms with E-state index in [1.54, 1.807) is 0 Å². The number of aliphatic carboxylic acids is 1.